The molecule has 1 amide bonds. The molecule has 0 fully saturated rings. The number of carbonyl (C=O) groups excluding carboxylic acids is 1. The van der Waals surface area contributed by atoms with Crippen LogP contribution in [0, 0.1) is 10.1 Å². The Morgan fingerprint density at radius 2 is 1.76 bits per heavy atom. The number of carbonyl (C=O) groups is 1. The molecule has 0 aromatic heterocycles. The lowest BCUT2D eigenvalue weighted by molar-refractivity contribution is -0.384. The lowest BCUT2D eigenvalue weighted by Crippen LogP contribution is -2.40. The molecular formula is C23H21N3O3. The van der Waals surface area contributed by atoms with Gasteiger partial charge in [-0.1, -0.05) is 42.5 Å². The monoisotopic (exact) mass is 387 g/mol. The molecule has 2 atom stereocenters. The third-order valence-electron chi connectivity index (χ3n) is 5.17. The first-order chi connectivity index (χ1) is 14.0. The van der Waals surface area contributed by atoms with Crippen LogP contribution in [0.15, 0.2) is 78.9 Å². The normalized spacial score (nSPS) is 17.7. The van der Waals surface area contributed by atoms with Crippen LogP contribution < -0.4 is 10.2 Å². The van der Waals surface area contributed by atoms with Crippen LogP contribution in [0.2, 0.25) is 0 Å². The number of benzene rings is 3. The van der Waals surface area contributed by atoms with Crippen molar-refractivity contribution in [2.24, 2.45) is 0 Å². The van der Waals surface area contributed by atoms with Crippen molar-refractivity contribution < 1.29 is 9.72 Å². The number of nitrogens with zero attached hydrogens (tertiary/aromatic N) is 2. The van der Waals surface area contributed by atoms with E-state index in [1.807, 2.05) is 54.6 Å². The van der Waals surface area contributed by atoms with E-state index >= 15 is 0 Å². The SMILES string of the molecule is CC1CC(N(C(=O)c2cccc([N+](=O)[O-])c2)c2ccccc2)c2ccccc2N1. The first kappa shape index (κ1) is 18.7. The van der Waals surface area contributed by atoms with Gasteiger partial charge >= 0.3 is 0 Å². The number of hydrogen-bond donors (Lipinski definition) is 1. The summed E-state index contributed by atoms with van der Waals surface area (Å²) in [5.74, 6) is -0.256. The number of fused-ring (bicyclic) bond motifs is 1. The molecule has 0 saturated heterocycles. The number of para-hydroxylation sites is 2. The fourth-order valence-electron chi connectivity index (χ4n) is 3.87. The van der Waals surface area contributed by atoms with Crippen molar-refractivity contribution in [3.8, 4) is 0 Å². The van der Waals surface area contributed by atoms with E-state index in [4.69, 9.17) is 0 Å². The van der Waals surface area contributed by atoms with Crippen molar-refractivity contribution in [2.75, 3.05) is 10.2 Å². The molecule has 2 unspecified atom stereocenters. The number of amides is 1. The molecule has 6 heteroatoms. The summed E-state index contributed by atoms with van der Waals surface area (Å²) in [6.07, 6.45) is 0.729. The van der Waals surface area contributed by atoms with Crippen LogP contribution >= 0.6 is 0 Å². The first-order valence-corrected chi connectivity index (χ1v) is 9.53. The lowest BCUT2D eigenvalue weighted by Gasteiger charge is -2.39. The number of rotatable bonds is 4. The van der Waals surface area contributed by atoms with Crippen LogP contribution in [-0.2, 0) is 0 Å². The van der Waals surface area contributed by atoms with Crippen LogP contribution in [0.5, 0.6) is 0 Å². The second-order valence-corrected chi connectivity index (χ2v) is 7.20. The molecule has 3 aromatic rings. The molecule has 0 bridgehead atoms. The van der Waals surface area contributed by atoms with E-state index in [-0.39, 0.29) is 23.7 Å². The second kappa shape index (κ2) is 7.75. The van der Waals surface area contributed by atoms with E-state index < -0.39 is 4.92 Å². The second-order valence-electron chi connectivity index (χ2n) is 7.20. The summed E-state index contributed by atoms with van der Waals surface area (Å²) in [4.78, 5) is 26.1. The van der Waals surface area contributed by atoms with Gasteiger partial charge in [0, 0.05) is 35.1 Å². The highest BCUT2D eigenvalue weighted by Crippen LogP contribution is 2.39. The standard InChI is InChI=1S/C23H21N3O3/c1-16-14-22(20-12-5-6-13-21(20)24-16)25(18-9-3-2-4-10-18)23(27)17-8-7-11-19(15-17)26(28)29/h2-13,15-16,22,24H,14H2,1H3. The summed E-state index contributed by atoms with van der Waals surface area (Å²) in [7, 11) is 0. The van der Waals surface area contributed by atoms with Gasteiger partial charge in [-0.2, -0.15) is 0 Å². The van der Waals surface area contributed by atoms with Gasteiger partial charge < -0.3 is 10.2 Å². The lowest BCUT2D eigenvalue weighted by atomic mass is 9.91. The average molecular weight is 387 g/mol. The Hall–Kier alpha value is -3.67. The third-order valence-corrected chi connectivity index (χ3v) is 5.17. The predicted octanol–water partition coefficient (Wildman–Crippen LogP) is 5.19. The van der Waals surface area contributed by atoms with Gasteiger partial charge in [-0.25, -0.2) is 0 Å². The van der Waals surface area contributed by atoms with Gasteiger partial charge in [0.2, 0.25) is 0 Å². The molecule has 0 saturated carbocycles. The van der Waals surface area contributed by atoms with Crippen molar-refractivity contribution >= 4 is 23.0 Å². The highest BCUT2D eigenvalue weighted by Gasteiger charge is 2.33. The first-order valence-electron chi connectivity index (χ1n) is 9.53. The highest BCUT2D eigenvalue weighted by atomic mass is 16.6. The minimum absolute atomic E-state index is 0.0945. The zero-order valence-corrected chi connectivity index (χ0v) is 16.0. The minimum Gasteiger partial charge on any atom is -0.382 e. The van der Waals surface area contributed by atoms with Gasteiger partial charge in [-0.15, -0.1) is 0 Å². The summed E-state index contributed by atoms with van der Waals surface area (Å²) >= 11 is 0. The van der Waals surface area contributed by atoms with Crippen molar-refractivity contribution in [1.29, 1.82) is 0 Å². The summed E-state index contributed by atoms with van der Waals surface area (Å²) in [5.41, 5.74) is 3.00. The number of anilines is 2. The summed E-state index contributed by atoms with van der Waals surface area (Å²) in [6, 6.07) is 23.3. The largest absolute Gasteiger partial charge is 0.382 e. The van der Waals surface area contributed by atoms with Gasteiger partial charge in [0.25, 0.3) is 11.6 Å². The molecule has 0 aliphatic carbocycles. The van der Waals surface area contributed by atoms with Crippen LogP contribution in [0.4, 0.5) is 17.1 Å². The minimum atomic E-state index is -0.481. The van der Waals surface area contributed by atoms with Crippen LogP contribution in [0.1, 0.15) is 35.3 Å². The number of nitro benzene ring substituents is 1. The van der Waals surface area contributed by atoms with E-state index in [0.29, 0.717) is 5.56 Å². The Labute approximate surface area is 168 Å². The maximum atomic E-state index is 13.6. The van der Waals surface area contributed by atoms with Crippen molar-refractivity contribution in [3.63, 3.8) is 0 Å². The molecule has 0 radical (unpaired) electrons. The fourth-order valence-corrected chi connectivity index (χ4v) is 3.87. The van der Waals surface area contributed by atoms with E-state index in [1.54, 1.807) is 17.0 Å². The Morgan fingerprint density at radius 3 is 2.52 bits per heavy atom. The number of non-ortho nitro benzene ring substituents is 1. The molecule has 1 aliphatic heterocycles. The average Bonchev–Trinajstić information content (AvgIpc) is 2.74. The topological polar surface area (TPSA) is 75.5 Å². The van der Waals surface area contributed by atoms with Crippen molar-refractivity contribution in [2.45, 2.75) is 25.4 Å². The van der Waals surface area contributed by atoms with Crippen molar-refractivity contribution in [3.05, 3.63) is 100 Å². The molecule has 0 spiro atoms. The summed E-state index contributed by atoms with van der Waals surface area (Å²) in [5, 5.41) is 14.7. The number of nitro groups is 1. The third kappa shape index (κ3) is 3.69. The van der Waals surface area contributed by atoms with E-state index in [0.717, 1.165) is 23.4 Å². The Bertz CT molecular complexity index is 1050. The smallest absolute Gasteiger partial charge is 0.270 e. The molecular weight excluding hydrogens is 366 g/mol. The Morgan fingerprint density at radius 1 is 1.03 bits per heavy atom. The fraction of sp³-hybridized carbons (Fsp3) is 0.174. The highest BCUT2D eigenvalue weighted by molar-refractivity contribution is 6.07. The molecule has 146 valence electrons. The van der Waals surface area contributed by atoms with Gasteiger partial charge in [-0.05, 0) is 43.2 Å². The van der Waals surface area contributed by atoms with Crippen LogP contribution in [0.3, 0.4) is 0 Å². The molecule has 29 heavy (non-hydrogen) atoms. The molecule has 6 nitrogen and oxygen atoms in total. The van der Waals surface area contributed by atoms with Gasteiger partial charge in [0.15, 0.2) is 0 Å². The quantitative estimate of drug-likeness (QED) is 0.494. The maximum Gasteiger partial charge on any atom is 0.270 e. The summed E-state index contributed by atoms with van der Waals surface area (Å²) < 4.78 is 0. The van der Waals surface area contributed by atoms with E-state index in [2.05, 4.69) is 12.2 Å². The van der Waals surface area contributed by atoms with Crippen molar-refractivity contribution in [1.82, 2.24) is 0 Å². The molecule has 1 heterocycles. The Balaban J connectivity index is 1.83. The Kier molecular flexibility index (Phi) is 4.99. The number of nitrogens with one attached hydrogen (secondary N) is 1. The maximum absolute atomic E-state index is 13.6. The van der Waals surface area contributed by atoms with Gasteiger partial charge in [0.1, 0.15) is 0 Å². The summed E-state index contributed by atoms with van der Waals surface area (Å²) in [6.45, 7) is 2.09. The number of hydrogen-bond acceptors (Lipinski definition) is 4. The van der Waals surface area contributed by atoms with Gasteiger partial charge in [-0.3, -0.25) is 14.9 Å². The van der Waals surface area contributed by atoms with Crippen LogP contribution in [0.25, 0.3) is 0 Å². The van der Waals surface area contributed by atoms with Crippen LogP contribution in [-0.4, -0.2) is 16.9 Å². The van der Waals surface area contributed by atoms with Gasteiger partial charge in [0.05, 0.1) is 11.0 Å². The van der Waals surface area contributed by atoms with E-state index in [9.17, 15) is 14.9 Å². The zero-order valence-electron chi connectivity index (χ0n) is 16.0. The predicted molar refractivity (Wildman–Crippen MR) is 113 cm³/mol. The molecule has 1 aliphatic rings. The molecule has 1 N–H and O–H groups in total. The van der Waals surface area contributed by atoms with E-state index in [1.165, 1.54) is 12.1 Å². The molecule has 3 aromatic carbocycles. The zero-order chi connectivity index (χ0) is 20.4. The molecule has 4 rings (SSSR count).